The number of benzene rings is 2. The Morgan fingerprint density at radius 3 is 2.13 bits per heavy atom. The van der Waals surface area contributed by atoms with Crippen LogP contribution in [0.3, 0.4) is 0 Å². The topological polar surface area (TPSA) is 69.7 Å². The highest BCUT2D eigenvalue weighted by Crippen LogP contribution is 2.30. The molecule has 2 amide bonds. The zero-order chi connectivity index (χ0) is 21.3. The van der Waals surface area contributed by atoms with Gasteiger partial charge in [-0.1, -0.05) is 0 Å². The Morgan fingerprint density at radius 2 is 1.57 bits per heavy atom. The zero-order valence-corrected chi connectivity index (χ0v) is 16.9. The molecule has 156 valence electrons. The number of hydrogen-bond donors (Lipinski definition) is 1. The predicted molar refractivity (Wildman–Crippen MR) is 112 cm³/mol. The van der Waals surface area contributed by atoms with E-state index >= 15 is 0 Å². The lowest BCUT2D eigenvalue weighted by Crippen LogP contribution is -2.49. The van der Waals surface area contributed by atoms with E-state index in [1.807, 2.05) is 4.90 Å². The molecule has 0 bridgehead atoms. The number of halogens is 1. The number of rotatable bonds is 5. The number of piperazine rings is 1. The maximum Gasteiger partial charge on any atom is 0.253 e. The predicted octanol–water partition coefficient (Wildman–Crippen LogP) is 3.34. The van der Waals surface area contributed by atoms with Crippen LogP contribution in [0.2, 0.25) is 0 Å². The molecule has 0 unspecified atom stereocenters. The van der Waals surface area contributed by atoms with Crippen molar-refractivity contribution in [1.82, 2.24) is 4.90 Å². The quantitative estimate of drug-likeness (QED) is 0.769. The van der Waals surface area contributed by atoms with Crippen molar-refractivity contribution >= 4 is 29.0 Å². The molecular weight excluding hydrogens is 385 g/mol. The normalized spacial score (nSPS) is 16.3. The number of carbonyl (C=O) groups is 3. The second-order valence-corrected chi connectivity index (χ2v) is 7.84. The molecule has 0 spiro atoms. The van der Waals surface area contributed by atoms with Gasteiger partial charge in [0.2, 0.25) is 5.91 Å². The lowest BCUT2D eigenvalue weighted by molar-refractivity contribution is -0.117. The fourth-order valence-electron chi connectivity index (χ4n) is 3.60. The molecule has 2 fully saturated rings. The van der Waals surface area contributed by atoms with E-state index in [2.05, 4.69) is 5.32 Å². The molecular formula is C23H24FN3O3. The standard InChI is InChI=1S/C23H24FN3O3/c1-15(28)18-6-9-21(20(24)14-18)26-10-12-27(13-11-26)23(30)17-4-7-19(8-5-17)25-22(29)16-2-3-16/h4-9,14,16H,2-3,10-13H2,1H3,(H,25,29). The average Bonchev–Trinajstić information content (AvgIpc) is 3.59. The SMILES string of the molecule is CC(=O)c1ccc(N2CCN(C(=O)c3ccc(NC(=O)C4CC4)cc3)CC2)c(F)c1. The van der Waals surface area contributed by atoms with Gasteiger partial charge in [-0.2, -0.15) is 0 Å². The van der Waals surface area contributed by atoms with Crippen LogP contribution in [0, 0.1) is 11.7 Å². The molecule has 4 rings (SSSR count). The minimum atomic E-state index is -0.425. The Morgan fingerprint density at radius 1 is 0.933 bits per heavy atom. The summed E-state index contributed by atoms with van der Waals surface area (Å²) < 4.78 is 14.4. The van der Waals surface area contributed by atoms with E-state index in [9.17, 15) is 18.8 Å². The van der Waals surface area contributed by atoms with Crippen LogP contribution in [0.5, 0.6) is 0 Å². The van der Waals surface area contributed by atoms with E-state index < -0.39 is 5.82 Å². The summed E-state index contributed by atoms with van der Waals surface area (Å²) in [4.78, 5) is 39.7. The van der Waals surface area contributed by atoms with Gasteiger partial charge in [0.25, 0.3) is 5.91 Å². The number of ketones is 1. The van der Waals surface area contributed by atoms with Crippen LogP contribution < -0.4 is 10.2 Å². The second-order valence-electron chi connectivity index (χ2n) is 7.84. The lowest BCUT2D eigenvalue weighted by atomic mass is 10.1. The Hall–Kier alpha value is -3.22. The van der Waals surface area contributed by atoms with Gasteiger partial charge in [-0.15, -0.1) is 0 Å². The van der Waals surface area contributed by atoms with Crippen LogP contribution in [0.15, 0.2) is 42.5 Å². The van der Waals surface area contributed by atoms with Crippen molar-refractivity contribution in [2.75, 3.05) is 36.4 Å². The van der Waals surface area contributed by atoms with Gasteiger partial charge in [-0.05, 0) is 62.2 Å². The van der Waals surface area contributed by atoms with Crippen LogP contribution in [-0.4, -0.2) is 48.7 Å². The van der Waals surface area contributed by atoms with Gasteiger partial charge >= 0.3 is 0 Å². The molecule has 6 nitrogen and oxygen atoms in total. The largest absolute Gasteiger partial charge is 0.366 e. The summed E-state index contributed by atoms with van der Waals surface area (Å²) in [6.07, 6.45) is 1.89. The number of nitrogens with zero attached hydrogens (tertiary/aromatic N) is 2. The Kier molecular flexibility index (Phi) is 5.53. The first-order valence-electron chi connectivity index (χ1n) is 10.2. The Bertz CT molecular complexity index is 978. The molecule has 1 N–H and O–H groups in total. The number of amides is 2. The third kappa shape index (κ3) is 4.35. The van der Waals surface area contributed by atoms with E-state index in [1.54, 1.807) is 41.3 Å². The van der Waals surface area contributed by atoms with Gasteiger partial charge < -0.3 is 15.1 Å². The molecule has 0 atom stereocenters. The molecule has 7 heteroatoms. The minimum absolute atomic E-state index is 0.0359. The summed E-state index contributed by atoms with van der Waals surface area (Å²) in [5.41, 5.74) is 2.05. The molecule has 2 aliphatic rings. The fraction of sp³-hybridized carbons (Fsp3) is 0.348. The van der Waals surface area contributed by atoms with Gasteiger partial charge in [0.1, 0.15) is 5.82 Å². The maximum absolute atomic E-state index is 14.4. The van der Waals surface area contributed by atoms with Gasteiger partial charge in [0.05, 0.1) is 5.69 Å². The summed E-state index contributed by atoms with van der Waals surface area (Å²) in [5.74, 6) is -0.512. The molecule has 2 aromatic rings. The summed E-state index contributed by atoms with van der Waals surface area (Å²) >= 11 is 0. The number of Topliss-reactive ketones (excluding diaryl/α,β-unsaturated/α-hetero) is 1. The van der Waals surface area contributed by atoms with Gasteiger partial charge in [0, 0.05) is 48.9 Å². The van der Waals surface area contributed by atoms with E-state index in [4.69, 9.17) is 0 Å². The van der Waals surface area contributed by atoms with Crippen LogP contribution in [0.25, 0.3) is 0 Å². The van der Waals surface area contributed by atoms with Crippen molar-refractivity contribution in [3.63, 3.8) is 0 Å². The highest BCUT2D eigenvalue weighted by atomic mass is 19.1. The summed E-state index contributed by atoms with van der Waals surface area (Å²) in [7, 11) is 0. The maximum atomic E-state index is 14.4. The third-order valence-corrected chi connectivity index (χ3v) is 5.61. The van der Waals surface area contributed by atoms with E-state index in [-0.39, 0.29) is 23.5 Å². The number of carbonyl (C=O) groups excluding carboxylic acids is 3. The van der Waals surface area contributed by atoms with E-state index in [0.29, 0.717) is 48.7 Å². The molecule has 1 aliphatic heterocycles. The lowest BCUT2D eigenvalue weighted by Gasteiger charge is -2.36. The van der Waals surface area contributed by atoms with Crippen molar-refractivity contribution < 1.29 is 18.8 Å². The number of hydrogen-bond acceptors (Lipinski definition) is 4. The van der Waals surface area contributed by atoms with Crippen molar-refractivity contribution in [2.24, 2.45) is 5.92 Å². The highest BCUT2D eigenvalue weighted by molar-refractivity contribution is 5.97. The molecule has 1 heterocycles. The van der Waals surface area contributed by atoms with Crippen molar-refractivity contribution in [3.05, 3.63) is 59.4 Å². The van der Waals surface area contributed by atoms with Gasteiger partial charge in [0.15, 0.2) is 5.78 Å². The summed E-state index contributed by atoms with van der Waals surface area (Å²) in [6, 6.07) is 11.4. The fourth-order valence-corrected chi connectivity index (χ4v) is 3.60. The van der Waals surface area contributed by atoms with Crippen molar-refractivity contribution in [3.8, 4) is 0 Å². The van der Waals surface area contributed by atoms with Crippen LogP contribution in [0.1, 0.15) is 40.5 Å². The van der Waals surface area contributed by atoms with Crippen LogP contribution in [-0.2, 0) is 4.79 Å². The molecule has 1 aliphatic carbocycles. The van der Waals surface area contributed by atoms with E-state index in [0.717, 1.165) is 12.8 Å². The molecule has 30 heavy (non-hydrogen) atoms. The van der Waals surface area contributed by atoms with Crippen LogP contribution >= 0.6 is 0 Å². The second kappa shape index (κ2) is 8.26. The molecule has 0 radical (unpaired) electrons. The molecule has 1 saturated carbocycles. The third-order valence-electron chi connectivity index (χ3n) is 5.61. The first-order valence-corrected chi connectivity index (χ1v) is 10.2. The number of nitrogens with one attached hydrogen (secondary N) is 1. The van der Waals surface area contributed by atoms with Crippen molar-refractivity contribution in [2.45, 2.75) is 19.8 Å². The Balaban J connectivity index is 1.35. The zero-order valence-electron chi connectivity index (χ0n) is 16.9. The summed E-state index contributed by atoms with van der Waals surface area (Å²) in [5, 5.41) is 2.86. The molecule has 2 aromatic carbocycles. The first kappa shape index (κ1) is 20.1. The molecule has 0 aromatic heterocycles. The highest BCUT2D eigenvalue weighted by Gasteiger charge is 2.29. The number of anilines is 2. The Labute approximate surface area is 174 Å². The summed E-state index contributed by atoms with van der Waals surface area (Å²) in [6.45, 7) is 3.39. The van der Waals surface area contributed by atoms with Gasteiger partial charge in [-0.25, -0.2) is 4.39 Å². The first-order chi connectivity index (χ1) is 14.4. The monoisotopic (exact) mass is 409 g/mol. The van der Waals surface area contributed by atoms with Crippen molar-refractivity contribution in [1.29, 1.82) is 0 Å². The van der Waals surface area contributed by atoms with Gasteiger partial charge in [-0.3, -0.25) is 14.4 Å². The minimum Gasteiger partial charge on any atom is -0.366 e. The average molecular weight is 409 g/mol. The molecule has 1 saturated heterocycles. The van der Waals surface area contributed by atoms with Crippen LogP contribution in [0.4, 0.5) is 15.8 Å². The smallest absolute Gasteiger partial charge is 0.253 e. The van der Waals surface area contributed by atoms with E-state index in [1.165, 1.54) is 13.0 Å².